The van der Waals surface area contributed by atoms with E-state index in [1.807, 2.05) is 53.5 Å². The first kappa shape index (κ1) is 14.1. The first-order valence-electron chi connectivity index (χ1n) is 6.99. The normalized spacial score (nSPS) is 25.7. The first-order valence-corrected chi connectivity index (χ1v) is 8.52. The Balaban J connectivity index is 1.69. The Labute approximate surface area is 145 Å². The summed E-state index contributed by atoms with van der Waals surface area (Å²) in [4.78, 5) is 13.4. The van der Waals surface area contributed by atoms with Crippen molar-refractivity contribution in [2.75, 3.05) is 11.7 Å². The van der Waals surface area contributed by atoms with Gasteiger partial charge in [0.2, 0.25) is 23.7 Å². The van der Waals surface area contributed by atoms with Crippen molar-refractivity contribution >= 4 is 63.9 Å². The van der Waals surface area contributed by atoms with Gasteiger partial charge >= 0.3 is 9.95 Å². The highest BCUT2D eigenvalue weighted by atomic mass is 35.5. The summed E-state index contributed by atoms with van der Waals surface area (Å²) in [6, 6.07) is 14.9. The van der Waals surface area contributed by atoms with E-state index in [0.29, 0.717) is 24.3 Å². The number of anilines is 1. The fourth-order valence-electron chi connectivity index (χ4n) is 3.72. The molecule has 116 valence electrons. The molecule has 1 unspecified atom stereocenters. The molecular weight excluding hydrogens is 360 g/mol. The molecule has 1 atom stereocenters. The molecule has 4 nitrogen and oxygen atoms in total. The third kappa shape index (κ3) is 1.49. The number of hydrogen-bond donors (Lipinski definition) is 0. The summed E-state index contributed by atoms with van der Waals surface area (Å²) in [6.07, 6.45) is 0. The summed E-state index contributed by atoms with van der Waals surface area (Å²) in [5, 5.41) is 1.85. The van der Waals surface area contributed by atoms with Crippen LogP contribution in [0.1, 0.15) is 0 Å². The van der Waals surface area contributed by atoms with Crippen molar-refractivity contribution in [3.63, 3.8) is 0 Å². The van der Waals surface area contributed by atoms with Crippen molar-refractivity contribution in [3.8, 4) is 0 Å². The topological polar surface area (TPSA) is 20.3 Å². The molecule has 2 aromatic rings. The Morgan fingerprint density at radius 3 is 2.22 bits per heavy atom. The van der Waals surface area contributed by atoms with Gasteiger partial charge in [-0.15, -0.1) is 9.49 Å². The molecule has 23 heavy (non-hydrogen) atoms. The Kier molecular flexibility index (Phi) is 2.46. The molecule has 1 saturated heterocycles. The molecule has 0 radical (unpaired) electrons. The number of hydrogen-bond acceptors (Lipinski definition) is 3. The predicted molar refractivity (Wildman–Crippen MR) is 92.0 cm³/mol. The minimum Gasteiger partial charge on any atom is -0.189 e. The quantitative estimate of drug-likeness (QED) is 0.315. The van der Waals surface area contributed by atoms with E-state index < -0.39 is 3.92 Å². The Hall–Kier alpha value is -1.31. The van der Waals surface area contributed by atoms with E-state index >= 15 is 0 Å². The molecule has 3 aliphatic heterocycles. The number of carbonyl (C=O) groups is 1. The van der Waals surface area contributed by atoms with Crippen molar-refractivity contribution in [2.45, 2.75) is 3.92 Å². The van der Waals surface area contributed by atoms with Crippen molar-refractivity contribution in [2.24, 2.45) is 0 Å². The Morgan fingerprint density at radius 2 is 1.61 bits per heavy atom. The standard InChI is InChI=1S/C15H10Cl2FN3OS/c16-15(17,18)23-21-11-6-2-1-5-10(11)19(21)9-20(14(21)22)12-7-3-4-8-13(12)20/h1-8H,9H2/q+2. The second-order valence-electron chi connectivity index (χ2n) is 5.72. The van der Waals surface area contributed by atoms with Crippen molar-refractivity contribution < 1.29 is 9.18 Å². The van der Waals surface area contributed by atoms with Gasteiger partial charge in [0, 0.05) is 22.2 Å². The van der Waals surface area contributed by atoms with Gasteiger partial charge in [-0.2, -0.15) is 9.18 Å². The predicted octanol–water partition coefficient (Wildman–Crippen LogP) is 5.18. The van der Waals surface area contributed by atoms with Crippen LogP contribution < -0.4 is 13.5 Å². The molecule has 0 aliphatic carbocycles. The molecule has 3 heterocycles. The van der Waals surface area contributed by atoms with Crippen LogP contribution in [0, 0.1) is 0 Å². The van der Waals surface area contributed by atoms with Crippen LogP contribution in [0.15, 0.2) is 48.5 Å². The van der Waals surface area contributed by atoms with Gasteiger partial charge in [-0.25, -0.2) is 0 Å². The Morgan fingerprint density at radius 1 is 1.04 bits per heavy atom. The number of carbonyl (C=O) groups excluding carboxylic acids is 1. The smallest absolute Gasteiger partial charge is 0.189 e. The molecule has 0 aromatic heterocycles. The van der Waals surface area contributed by atoms with Crippen LogP contribution in [0.3, 0.4) is 0 Å². The molecule has 0 bridgehead atoms. The fraction of sp³-hybridized carbons (Fsp3) is 0.133. The first-order chi connectivity index (χ1) is 10.9. The maximum Gasteiger partial charge on any atom is 0.569 e. The van der Waals surface area contributed by atoms with Gasteiger partial charge in [-0.1, -0.05) is 24.3 Å². The summed E-state index contributed by atoms with van der Waals surface area (Å²) < 4.78 is 11.2. The third-order valence-electron chi connectivity index (χ3n) is 4.65. The number of halogens is 3. The lowest BCUT2D eigenvalue weighted by Crippen LogP contribution is -2.63. The van der Waals surface area contributed by atoms with Crippen molar-refractivity contribution in [1.29, 1.82) is 0 Å². The molecule has 5 rings (SSSR count). The SMILES string of the molecule is O=C1[N+]2(CN3c4ccccc4[N+]13SC(F)(Cl)Cl)c1ccccc12. The number of urea groups is 1. The van der Waals surface area contributed by atoms with Gasteiger partial charge in [-0.05, 0) is 29.3 Å². The second kappa shape index (κ2) is 4.02. The molecule has 2 amide bonds. The summed E-state index contributed by atoms with van der Waals surface area (Å²) in [5.74, 6) is 0. The molecule has 8 heteroatoms. The largest absolute Gasteiger partial charge is 0.569 e. The zero-order chi connectivity index (χ0) is 16.0. The number of rotatable bonds is 2. The van der Waals surface area contributed by atoms with Crippen LogP contribution in [0.25, 0.3) is 0 Å². The maximum atomic E-state index is 14.1. The average molecular weight is 370 g/mol. The van der Waals surface area contributed by atoms with E-state index in [2.05, 4.69) is 0 Å². The van der Waals surface area contributed by atoms with Crippen LogP contribution in [0.4, 0.5) is 31.9 Å². The number of amides is 2. The Bertz CT molecular complexity index is 864. The molecular formula is C15H10Cl2FN3OS+2. The molecule has 2 aromatic carbocycles. The fourth-order valence-corrected chi connectivity index (χ4v) is 5.33. The van der Waals surface area contributed by atoms with Crippen LogP contribution in [0.2, 0.25) is 0 Å². The lowest BCUT2D eigenvalue weighted by atomic mass is 10.2. The highest BCUT2D eigenvalue weighted by molar-refractivity contribution is 8.03. The molecule has 1 fully saturated rings. The van der Waals surface area contributed by atoms with Gasteiger partial charge in [0.05, 0.1) is 0 Å². The number of para-hydroxylation sites is 4. The number of benzene rings is 2. The second-order valence-corrected chi connectivity index (χ2v) is 8.68. The molecule has 3 aliphatic rings. The summed E-state index contributed by atoms with van der Waals surface area (Å²) in [6.45, 7) is 0.423. The van der Waals surface area contributed by atoms with E-state index in [1.165, 1.54) is 0 Å². The molecule has 1 spiro atoms. The average Bonchev–Trinajstić information content (AvgIpc) is 3.12. The zero-order valence-electron chi connectivity index (χ0n) is 11.6. The van der Waals surface area contributed by atoms with E-state index in [4.69, 9.17) is 23.2 Å². The van der Waals surface area contributed by atoms with E-state index in [1.54, 1.807) is 0 Å². The highest BCUT2D eigenvalue weighted by Crippen LogP contribution is 2.69. The van der Waals surface area contributed by atoms with Crippen molar-refractivity contribution in [3.05, 3.63) is 48.5 Å². The highest BCUT2D eigenvalue weighted by Gasteiger charge is 2.84. The molecule has 0 saturated carbocycles. The van der Waals surface area contributed by atoms with E-state index in [0.717, 1.165) is 17.1 Å². The lowest BCUT2D eigenvalue weighted by Gasteiger charge is -2.41. The van der Waals surface area contributed by atoms with E-state index in [9.17, 15) is 9.18 Å². The summed E-state index contributed by atoms with van der Waals surface area (Å²) >= 11 is 11.8. The third-order valence-corrected chi connectivity index (χ3v) is 6.08. The van der Waals surface area contributed by atoms with Crippen LogP contribution >= 0.6 is 35.1 Å². The number of fused-ring (bicyclic) bond motifs is 7. The number of nitrogens with zero attached hydrogens (tertiary/aromatic N) is 3. The summed E-state index contributed by atoms with van der Waals surface area (Å²) in [7, 11) is 0. The van der Waals surface area contributed by atoms with E-state index in [-0.39, 0.29) is 14.5 Å². The van der Waals surface area contributed by atoms with Gasteiger partial charge in [0.25, 0.3) is 0 Å². The van der Waals surface area contributed by atoms with Crippen LogP contribution in [-0.4, -0.2) is 16.6 Å². The van der Waals surface area contributed by atoms with Crippen LogP contribution in [0.5, 0.6) is 0 Å². The van der Waals surface area contributed by atoms with Crippen molar-refractivity contribution in [1.82, 2.24) is 8.48 Å². The van der Waals surface area contributed by atoms with Gasteiger partial charge in [-0.3, -0.25) is 0 Å². The lowest BCUT2D eigenvalue weighted by molar-refractivity contribution is 0.224. The minimum atomic E-state index is -2.57. The van der Waals surface area contributed by atoms with Gasteiger partial charge < -0.3 is 0 Å². The monoisotopic (exact) mass is 369 g/mol. The molecule has 0 N–H and O–H groups in total. The number of quaternary nitrogens is 2. The van der Waals surface area contributed by atoms with Gasteiger partial charge in [0.1, 0.15) is 0 Å². The van der Waals surface area contributed by atoms with Crippen LogP contribution in [-0.2, 0) is 0 Å². The van der Waals surface area contributed by atoms with Gasteiger partial charge in [0.15, 0.2) is 17.6 Å². The maximum absolute atomic E-state index is 14.1. The summed E-state index contributed by atoms with van der Waals surface area (Å²) in [5.41, 5.74) is 3.51. The zero-order valence-corrected chi connectivity index (χ0v) is 13.9. The minimum absolute atomic E-state index is 0.110. The number of alkyl halides is 3.